The molecule has 0 bridgehead atoms. The number of rotatable bonds is 8. The third-order valence-electron chi connectivity index (χ3n) is 3.05. The summed E-state index contributed by atoms with van der Waals surface area (Å²) >= 11 is 1.20. The van der Waals surface area contributed by atoms with Gasteiger partial charge in [-0.25, -0.2) is 9.78 Å². The van der Waals surface area contributed by atoms with E-state index in [0.29, 0.717) is 17.2 Å². The minimum absolute atomic E-state index is 0.00664. The number of nitrogens with one attached hydrogen (secondary N) is 1. The van der Waals surface area contributed by atoms with Crippen molar-refractivity contribution in [2.24, 2.45) is 0 Å². The van der Waals surface area contributed by atoms with Gasteiger partial charge in [-0.1, -0.05) is 13.3 Å². The molecule has 23 heavy (non-hydrogen) atoms. The summed E-state index contributed by atoms with van der Waals surface area (Å²) in [6.45, 7) is 2.96. The summed E-state index contributed by atoms with van der Waals surface area (Å²) in [5.74, 6) is -0.573. The smallest absolute Gasteiger partial charge is 0.355 e. The van der Waals surface area contributed by atoms with E-state index in [1.54, 1.807) is 24.3 Å². The molecule has 0 spiro atoms. The molecule has 0 unspecified atom stereocenters. The van der Waals surface area contributed by atoms with Crippen molar-refractivity contribution < 1.29 is 19.4 Å². The van der Waals surface area contributed by atoms with Crippen LogP contribution in [0.4, 0.5) is 0 Å². The van der Waals surface area contributed by atoms with Crippen molar-refractivity contribution in [2.45, 2.75) is 26.3 Å². The first kappa shape index (κ1) is 17.0. The van der Waals surface area contributed by atoms with Crippen molar-refractivity contribution in [3.05, 3.63) is 45.9 Å². The number of carbonyl (C=O) groups excluding carboxylic acids is 1. The summed E-state index contributed by atoms with van der Waals surface area (Å²) in [5, 5.41) is 13.5. The molecule has 6 nitrogen and oxygen atoms in total. The van der Waals surface area contributed by atoms with E-state index in [0.717, 1.165) is 18.6 Å². The van der Waals surface area contributed by atoms with Crippen molar-refractivity contribution in [3.63, 3.8) is 0 Å². The first-order valence-corrected chi connectivity index (χ1v) is 8.17. The highest BCUT2D eigenvalue weighted by Gasteiger charge is 2.10. The number of benzene rings is 1. The Morgan fingerprint density at radius 3 is 2.65 bits per heavy atom. The van der Waals surface area contributed by atoms with Gasteiger partial charge in [0.1, 0.15) is 10.8 Å². The van der Waals surface area contributed by atoms with E-state index >= 15 is 0 Å². The first-order chi connectivity index (χ1) is 11.1. The molecule has 0 radical (unpaired) electrons. The molecular weight excluding hydrogens is 316 g/mol. The molecule has 0 aliphatic carbocycles. The largest absolute Gasteiger partial charge is 0.494 e. The van der Waals surface area contributed by atoms with Gasteiger partial charge in [-0.05, 0) is 30.7 Å². The molecule has 0 aliphatic heterocycles. The fraction of sp³-hybridized carbons (Fsp3) is 0.312. The standard InChI is InChI=1S/C16H18N2O4S/c1-2-3-8-22-12-6-4-11(5-7-12)15(19)17-9-14-18-13(10-23-14)16(20)21/h4-7,10H,2-3,8-9H2,1H3,(H,17,19)(H,20,21). The Labute approximate surface area is 138 Å². The number of carboxylic acids is 1. The molecule has 0 atom stereocenters. The molecule has 7 heteroatoms. The van der Waals surface area contributed by atoms with Gasteiger partial charge in [0.15, 0.2) is 5.69 Å². The number of hydrogen-bond donors (Lipinski definition) is 2. The second-order valence-electron chi connectivity index (χ2n) is 4.84. The number of carboxylic acid groups (broad SMARTS) is 1. The van der Waals surface area contributed by atoms with Crippen LogP contribution in [0, 0.1) is 0 Å². The number of amides is 1. The van der Waals surface area contributed by atoms with Crippen LogP contribution in [-0.4, -0.2) is 28.6 Å². The second-order valence-corrected chi connectivity index (χ2v) is 5.78. The normalized spacial score (nSPS) is 10.3. The average Bonchev–Trinajstić information content (AvgIpc) is 3.03. The highest BCUT2D eigenvalue weighted by Crippen LogP contribution is 2.13. The highest BCUT2D eigenvalue weighted by atomic mass is 32.1. The van der Waals surface area contributed by atoms with E-state index in [1.165, 1.54) is 16.7 Å². The monoisotopic (exact) mass is 334 g/mol. The SMILES string of the molecule is CCCCOc1ccc(C(=O)NCc2nc(C(=O)O)cs2)cc1. The number of ether oxygens (including phenoxy) is 1. The molecule has 0 saturated heterocycles. The maximum atomic E-state index is 12.0. The van der Waals surface area contributed by atoms with Gasteiger partial charge in [0.2, 0.25) is 0 Å². The van der Waals surface area contributed by atoms with Crippen molar-refractivity contribution >= 4 is 23.2 Å². The van der Waals surface area contributed by atoms with Crippen LogP contribution in [0.1, 0.15) is 45.6 Å². The third kappa shape index (κ3) is 5.07. The number of hydrogen-bond acceptors (Lipinski definition) is 5. The number of aromatic nitrogens is 1. The summed E-state index contributed by atoms with van der Waals surface area (Å²) < 4.78 is 5.54. The van der Waals surface area contributed by atoms with Crippen molar-refractivity contribution in [1.29, 1.82) is 0 Å². The average molecular weight is 334 g/mol. The maximum absolute atomic E-state index is 12.0. The zero-order chi connectivity index (χ0) is 16.7. The van der Waals surface area contributed by atoms with Gasteiger partial charge in [-0.3, -0.25) is 4.79 Å². The van der Waals surface area contributed by atoms with Crippen LogP contribution >= 0.6 is 11.3 Å². The van der Waals surface area contributed by atoms with Crippen molar-refractivity contribution in [2.75, 3.05) is 6.61 Å². The van der Waals surface area contributed by atoms with Gasteiger partial charge >= 0.3 is 5.97 Å². The lowest BCUT2D eigenvalue weighted by Gasteiger charge is -2.07. The van der Waals surface area contributed by atoms with Gasteiger partial charge in [0.05, 0.1) is 13.2 Å². The van der Waals surface area contributed by atoms with Crippen molar-refractivity contribution in [1.82, 2.24) is 10.3 Å². The number of aromatic carboxylic acids is 1. The Morgan fingerprint density at radius 1 is 1.30 bits per heavy atom. The van der Waals surface area contributed by atoms with Gasteiger partial charge in [-0.15, -0.1) is 11.3 Å². The maximum Gasteiger partial charge on any atom is 0.355 e. The molecule has 1 aromatic heterocycles. The topological polar surface area (TPSA) is 88.5 Å². The molecule has 1 aromatic carbocycles. The number of nitrogens with zero attached hydrogens (tertiary/aromatic N) is 1. The number of thiazole rings is 1. The molecule has 0 saturated carbocycles. The van der Waals surface area contributed by atoms with Crippen LogP contribution in [0.25, 0.3) is 0 Å². The van der Waals surface area contributed by atoms with E-state index in [1.807, 2.05) is 0 Å². The van der Waals surface area contributed by atoms with Gasteiger partial charge < -0.3 is 15.2 Å². The minimum atomic E-state index is -1.07. The molecule has 2 rings (SSSR count). The summed E-state index contributed by atoms with van der Waals surface area (Å²) in [4.78, 5) is 26.7. The van der Waals surface area contributed by atoms with E-state index < -0.39 is 5.97 Å². The Hall–Kier alpha value is -2.41. The van der Waals surface area contributed by atoms with Crippen LogP contribution in [0.3, 0.4) is 0 Å². The molecule has 0 fully saturated rings. The summed E-state index contributed by atoms with van der Waals surface area (Å²) in [5.41, 5.74) is 0.510. The first-order valence-electron chi connectivity index (χ1n) is 7.29. The lowest BCUT2D eigenvalue weighted by molar-refractivity contribution is 0.0691. The molecule has 122 valence electrons. The van der Waals surface area contributed by atoms with Crippen LogP contribution in [-0.2, 0) is 6.54 Å². The molecule has 0 aliphatic rings. The van der Waals surface area contributed by atoms with Crippen LogP contribution in [0.2, 0.25) is 0 Å². The fourth-order valence-electron chi connectivity index (χ4n) is 1.79. The zero-order valence-electron chi connectivity index (χ0n) is 12.7. The number of carbonyl (C=O) groups is 2. The Kier molecular flexibility index (Phi) is 6.10. The van der Waals surface area contributed by atoms with E-state index in [-0.39, 0.29) is 18.1 Å². The Balaban J connectivity index is 1.86. The van der Waals surface area contributed by atoms with Gasteiger partial charge in [0, 0.05) is 10.9 Å². The van der Waals surface area contributed by atoms with E-state index in [2.05, 4.69) is 17.2 Å². The fourth-order valence-corrected chi connectivity index (χ4v) is 2.49. The summed E-state index contributed by atoms with van der Waals surface area (Å²) in [6, 6.07) is 6.91. The predicted molar refractivity (Wildman–Crippen MR) is 87.1 cm³/mol. The molecule has 2 aromatic rings. The summed E-state index contributed by atoms with van der Waals surface area (Å²) in [6.07, 6.45) is 2.06. The molecule has 1 amide bonds. The van der Waals surface area contributed by atoms with Crippen LogP contribution < -0.4 is 10.1 Å². The Morgan fingerprint density at radius 2 is 2.04 bits per heavy atom. The van der Waals surface area contributed by atoms with Crippen LogP contribution in [0.5, 0.6) is 5.75 Å². The molecule has 2 N–H and O–H groups in total. The minimum Gasteiger partial charge on any atom is -0.494 e. The zero-order valence-corrected chi connectivity index (χ0v) is 13.6. The van der Waals surface area contributed by atoms with Gasteiger partial charge in [-0.2, -0.15) is 0 Å². The molecular formula is C16H18N2O4S. The highest BCUT2D eigenvalue weighted by molar-refractivity contribution is 7.09. The predicted octanol–water partition coefficient (Wildman–Crippen LogP) is 2.95. The van der Waals surface area contributed by atoms with E-state index in [9.17, 15) is 9.59 Å². The van der Waals surface area contributed by atoms with Gasteiger partial charge in [0.25, 0.3) is 5.91 Å². The lowest BCUT2D eigenvalue weighted by atomic mass is 10.2. The lowest BCUT2D eigenvalue weighted by Crippen LogP contribution is -2.22. The third-order valence-corrected chi connectivity index (χ3v) is 3.90. The number of unbranched alkanes of at least 4 members (excludes halogenated alkanes) is 1. The second kappa shape index (κ2) is 8.28. The summed E-state index contributed by atoms with van der Waals surface area (Å²) in [7, 11) is 0. The quantitative estimate of drug-likeness (QED) is 0.725. The van der Waals surface area contributed by atoms with Crippen LogP contribution in [0.15, 0.2) is 29.6 Å². The Bertz CT molecular complexity index is 667. The van der Waals surface area contributed by atoms with E-state index in [4.69, 9.17) is 9.84 Å². The van der Waals surface area contributed by atoms with Crippen molar-refractivity contribution in [3.8, 4) is 5.75 Å². The molecule has 1 heterocycles.